The van der Waals surface area contributed by atoms with Gasteiger partial charge in [-0.05, 0) is 69.2 Å². The average molecular weight is 291 g/mol. The van der Waals surface area contributed by atoms with Crippen molar-refractivity contribution in [2.45, 2.75) is 58.5 Å². The standard InChI is InChI=1S/C18H29NO2/c1-3-15-7-5-6-8-16(15)21-17-10-9-14(11-12-19)13-18(17)20-4-2/h9-10,13,15-16H,3-8,11-12,19H2,1-2H3. The Morgan fingerprint density at radius 2 is 1.95 bits per heavy atom. The van der Waals surface area contributed by atoms with Crippen molar-refractivity contribution in [3.63, 3.8) is 0 Å². The minimum absolute atomic E-state index is 0.336. The zero-order valence-electron chi connectivity index (χ0n) is 13.4. The molecular weight excluding hydrogens is 262 g/mol. The molecule has 2 atom stereocenters. The van der Waals surface area contributed by atoms with Crippen LogP contribution in [0.15, 0.2) is 18.2 Å². The lowest BCUT2D eigenvalue weighted by atomic mass is 9.85. The molecule has 0 bridgehead atoms. The highest BCUT2D eigenvalue weighted by Gasteiger charge is 2.26. The number of benzene rings is 1. The summed E-state index contributed by atoms with van der Waals surface area (Å²) in [6.07, 6.45) is 7.47. The van der Waals surface area contributed by atoms with E-state index in [2.05, 4.69) is 25.1 Å². The second-order valence-corrected chi connectivity index (χ2v) is 5.86. The zero-order chi connectivity index (χ0) is 15.1. The van der Waals surface area contributed by atoms with E-state index in [0.29, 0.717) is 25.2 Å². The minimum Gasteiger partial charge on any atom is -0.490 e. The van der Waals surface area contributed by atoms with E-state index >= 15 is 0 Å². The number of rotatable bonds is 7. The summed E-state index contributed by atoms with van der Waals surface area (Å²) >= 11 is 0. The zero-order valence-corrected chi connectivity index (χ0v) is 13.4. The monoisotopic (exact) mass is 291 g/mol. The number of nitrogens with two attached hydrogens (primary N) is 1. The molecule has 0 aliphatic heterocycles. The van der Waals surface area contributed by atoms with E-state index in [1.54, 1.807) is 0 Å². The van der Waals surface area contributed by atoms with Crippen LogP contribution in [0, 0.1) is 5.92 Å². The van der Waals surface area contributed by atoms with Crippen molar-refractivity contribution in [2.24, 2.45) is 11.7 Å². The van der Waals surface area contributed by atoms with E-state index < -0.39 is 0 Å². The maximum atomic E-state index is 6.32. The first-order valence-corrected chi connectivity index (χ1v) is 8.40. The molecule has 2 unspecified atom stereocenters. The van der Waals surface area contributed by atoms with E-state index in [-0.39, 0.29) is 0 Å². The lowest BCUT2D eigenvalue weighted by molar-refractivity contribution is 0.0865. The molecule has 1 aromatic rings. The Morgan fingerprint density at radius 3 is 2.67 bits per heavy atom. The van der Waals surface area contributed by atoms with Crippen LogP contribution >= 0.6 is 0 Å². The molecule has 3 heteroatoms. The summed E-state index contributed by atoms with van der Waals surface area (Å²) in [5, 5.41) is 0. The number of hydrogen-bond donors (Lipinski definition) is 1. The van der Waals surface area contributed by atoms with Crippen LogP contribution in [0.4, 0.5) is 0 Å². The van der Waals surface area contributed by atoms with Crippen LogP contribution < -0.4 is 15.2 Å². The van der Waals surface area contributed by atoms with E-state index in [9.17, 15) is 0 Å². The third-order valence-corrected chi connectivity index (χ3v) is 4.38. The van der Waals surface area contributed by atoms with Gasteiger partial charge in [-0.2, -0.15) is 0 Å². The summed E-state index contributed by atoms with van der Waals surface area (Å²) in [5.41, 5.74) is 6.85. The molecule has 3 nitrogen and oxygen atoms in total. The Bertz CT molecular complexity index is 433. The lowest BCUT2D eigenvalue weighted by Gasteiger charge is -2.31. The van der Waals surface area contributed by atoms with Gasteiger partial charge in [-0.25, -0.2) is 0 Å². The predicted molar refractivity (Wildman–Crippen MR) is 87.0 cm³/mol. The highest BCUT2D eigenvalue weighted by molar-refractivity contribution is 5.43. The Hall–Kier alpha value is -1.22. The van der Waals surface area contributed by atoms with E-state index in [0.717, 1.165) is 24.3 Å². The fourth-order valence-corrected chi connectivity index (χ4v) is 3.20. The average Bonchev–Trinajstić information content (AvgIpc) is 2.51. The maximum absolute atomic E-state index is 6.32. The van der Waals surface area contributed by atoms with Gasteiger partial charge in [0.1, 0.15) is 6.10 Å². The quantitative estimate of drug-likeness (QED) is 0.827. The van der Waals surface area contributed by atoms with Gasteiger partial charge in [0, 0.05) is 0 Å². The Labute approximate surface area is 128 Å². The molecule has 0 radical (unpaired) electrons. The van der Waals surface area contributed by atoms with Gasteiger partial charge in [0.05, 0.1) is 6.61 Å². The molecule has 2 N–H and O–H groups in total. The topological polar surface area (TPSA) is 44.5 Å². The van der Waals surface area contributed by atoms with Crippen LogP contribution in [0.5, 0.6) is 11.5 Å². The van der Waals surface area contributed by atoms with Gasteiger partial charge in [-0.3, -0.25) is 0 Å². The summed E-state index contributed by atoms with van der Waals surface area (Å²) in [7, 11) is 0. The van der Waals surface area contributed by atoms with E-state index in [1.165, 1.54) is 31.2 Å². The molecule has 2 rings (SSSR count). The SMILES string of the molecule is CCOc1cc(CCN)ccc1OC1CCCCC1CC. The summed E-state index contributed by atoms with van der Waals surface area (Å²) in [4.78, 5) is 0. The second kappa shape index (κ2) is 8.28. The van der Waals surface area contributed by atoms with Gasteiger partial charge < -0.3 is 15.2 Å². The van der Waals surface area contributed by atoms with Crippen LogP contribution in [0.3, 0.4) is 0 Å². The van der Waals surface area contributed by atoms with Crippen molar-refractivity contribution in [1.29, 1.82) is 0 Å². The van der Waals surface area contributed by atoms with Crippen molar-refractivity contribution in [3.8, 4) is 11.5 Å². The molecular formula is C18H29NO2. The fourth-order valence-electron chi connectivity index (χ4n) is 3.20. The van der Waals surface area contributed by atoms with Gasteiger partial charge in [0.2, 0.25) is 0 Å². The minimum atomic E-state index is 0.336. The van der Waals surface area contributed by atoms with Crippen molar-refractivity contribution >= 4 is 0 Å². The predicted octanol–water partition coefficient (Wildman–Crippen LogP) is 3.93. The summed E-state index contributed by atoms with van der Waals surface area (Å²) < 4.78 is 12.1. The fraction of sp³-hybridized carbons (Fsp3) is 0.667. The largest absolute Gasteiger partial charge is 0.490 e. The first kappa shape index (κ1) is 16.2. The Kier molecular flexibility index (Phi) is 6.37. The summed E-state index contributed by atoms with van der Waals surface area (Å²) in [5.74, 6) is 2.43. The summed E-state index contributed by atoms with van der Waals surface area (Å²) in [6.45, 7) is 5.59. The van der Waals surface area contributed by atoms with Crippen molar-refractivity contribution in [3.05, 3.63) is 23.8 Å². The first-order valence-electron chi connectivity index (χ1n) is 8.40. The van der Waals surface area contributed by atoms with Crippen molar-refractivity contribution in [1.82, 2.24) is 0 Å². The van der Waals surface area contributed by atoms with Crippen molar-refractivity contribution in [2.75, 3.05) is 13.2 Å². The van der Waals surface area contributed by atoms with Crippen molar-refractivity contribution < 1.29 is 9.47 Å². The lowest BCUT2D eigenvalue weighted by Crippen LogP contribution is -2.30. The highest BCUT2D eigenvalue weighted by atomic mass is 16.5. The molecule has 1 saturated carbocycles. The molecule has 21 heavy (non-hydrogen) atoms. The van der Waals surface area contributed by atoms with Crippen LogP contribution in [0.2, 0.25) is 0 Å². The maximum Gasteiger partial charge on any atom is 0.161 e. The Morgan fingerprint density at radius 1 is 1.14 bits per heavy atom. The molecule has 0 amide bonds. The second-order valence-electron chi connectivity index (χ2n) is 5.86. The van der Waals surface area contributed by atoms with Crippen LogP contribution in [-0.4, -0.2) is 19.3 Å². The van der Waals surface area contributed by atoms with Gasteiger partial charge >= 0.3 is 0 Å². The van der Waals surface area contributed by atoms with Crippen LogP contribution in [0.25, 0.3) is 0 Å². The Balaban J connectivity index is 2.13. The smallest absolute Gasteiger partial charge is 0.161 e. The van der Waals surface area contributed by atoms with Gasteiger partial charge in [-0.15, -0.1) is 0 Å². The van der Waals surface area contributed by atoms with Crippen LogP contribution in [0.1, 0.15) is 51.5 Å². The third kappa shape index (κ3) is 4.37. The number of hydrogen-bond acceptors (Lipinski definition) is 3. The molecule has 1 fully saturated rings. The molecule has 0 saturated heterocycles. The van der Waals surface area contributed by atoms with E-state index in [1.807, 2.05) is 6.92 Å². The molecule has 0 spiro atoms. The van der Waals surface area contributed by atoms with Gasteiger partial charge in [0.25, 0.3) is 0 Å². The van der Waals surface area contributed by atoms with Gasteiger partial charge in [-0.1, -0.05) is 19.4 Å². The highest BCUT2D eigenvalue weighted by Crippen LogP contribution is 2.35. The molecule has 1 aromatic carbocycles. The van der Waals surface area contributed by atoms with Gasteiger partial charge in [0.15, 0.2) is 11.5 Å². The number of ether oxygens (including phenoxy) is 2. The summed E-state index contributed by atoms with van der Waals surface area (Å²) in [6, 6.07) is 6.24. The molecule has 118 valence electrons. The molecule has 0 heterocycles. The molecule has 1 aliphatic rings. The normalized spacial score (nSPS) is 22.0. The molecule has 1 aliphatic carbocycles. The van der Waals surface area contributed by atoms with Crippen LogP contribution in [-0.2, 0) is 6.42 Å². The third-order valence-electron chi connectivity index (χ3n) is 4.38. The molecule has 0 aromatic heterocycles. The first-order chi connectivity index (χ1) is 10.3. The van der Waals surface area contributed by atoms with E-state index in [4.69, 9.17) is 15.2 Å².